The van der Waals surface area contributed by atoms with Crippen LogP contribution in [0.2, 0.25) is 0 Å². The van der Waals surface area contributed by atoms with Gasteiger partial charge in [-0.3, -0.25) is 0 Å². The monoisotopic (exact) mass is 217 g/mol. The molecule has 2 rings (SSSR count). The van der Waals surface area contributed by atoms with Crippen LogP contribution in [0, 0.1) is 5.92 Å². The van der Waals surface area contributed by atoms with E-state index in [4.69, 9.17) is 0 Å². The van der Waals surface area contributed by atoms with Crippen molar-refractivity contribution in [1.82, 2.24) is 5.32 Å². The van der Waals surface area contributed by atoms with Gasteiger partial charge in [0.25, 0.3) is 0 Å². The third kappa shape index (κ3) is 2.85. The Hall–Kier alpha value is -0.820. The summed E-state index contributed by atoms with van der Waals surface area (Å²) in [4.78, 5) is 0. The molecule has 1 aromatic carbocycles. The van der Waals surface area contributed by atoms with Crippen LogP contribution in [0.15, 0.2) is 30.3 Å². The van der Waals surface area contributed by atoms with Gasteiger partial charge in [-0.25, -0.2) is 0 Å². The van der Waals surface area contributed by atoms with Crippen molar-refractivity contribution in [1.29, 1.82) is 0 Å². The van der Waals surface area contributed by atoms with Crippen LogP contribution in [0.3, 0.4) is 0 Å². The Morgan fingerprint density at radius 3 is 2.31 bits per heavy atom. The summed E-state index contributed by atoms with van der Waals surface area (Å²) in [5.41, 5.74) is 1.40. The highest BCUT2D eigenvalue weighted by Gasteiger charge is 2.22. The van der Waals surface area contributed by atoms with Gasteiger partial charge in [0.15, 0.2) is 0 Å². The fourth-order valence-electron chi connectivity index (χ4n) is 2.83. The van der Waals surface area contributed by atoms with Gasteiger partial charge in [-0.2, -0.15) is 0 Å². The third-order valence-corrected chi connectivity index (χ3v) is 3.92. The van der Waals surface area contributed by atoms with Crippen LogP contribution in [0.1, 0.15) is 51.1 Å². The third-order valence-electron chi connectivity index (χ3n) is 3.92. The average molecular weight is 217 g/mol. The lowest BCUT2D eigenvalue weighted by Gasteiger charge is -2.25. The summed E-state index contributed by atoms with van der Waals surface area (Å²) < 4.78 is 0. The molecule has 1 fully saturated rings. The average Bonchev–Trinajstić information content (AvgIpc) is 2.83. The summed E-state index contributed by atoms with van der Waals surface area (Å²) in [5.74, 6) is 0.895. The first-order valence-corrected chi connectivity index (χ1v) is 6.58. The molecule has 1 heteroatoms. The van der Waals surface area contributed by atoms with Crippen LogP contribution in [-0.4, -0.2) is 6.04 Å². The summed E-state index contributed by atoms with van der Waals surface area (Å²) in [6.45, 7) is 4.61. The van der Waals surface area contributed by atoms with E-state index >= 15 is 0 Å². The van der Waals surface area contributed by atoms with Gasteiger partial charge in [0.1, 0.15) is 0 Å². The lowest BCUT2D eigenvalue weighted by molar-refractivity contribution is 0.352. The molecule has 1 aromatic rings. The summed E-state index contributed by atoms with van der Waals surface area (Å²) in [6.07, 6.45) is 5.68. The quantitative estimate of drug-likeness (QED) is 0.806. The van der Waals surface area contributed by atoms with Crippen molar-refractivity contribution in [2.24, 2.45) is 5.92 Å². The number of hydrogen-bond donors (Lipinski definition) is 1. The van der Waals surface area contributed by atoms with Crippen LogP contribution in [0.5, 0.6) is 0 Å². The molecular weight excluding hydrogens is 194 g/mol. The van der Waals surface area contributed by atoms with Gasteiger partial charge in [-0.1, -0.05) is 43.2 Å². The van der Waals surface area contributed by atoms with Crippen LogP contribution < -0.4 is 5.32 Å². The van der Waals surface area contributed by atoms with Crippen molar-refractivity contribution in [2.45, 2.75) is 51.6 Å². The fourth-order valence-corrected chi connectivity index (χ4v) is 2.83. The molecule has 1 aliphatic carbocycles. The Labute approximate surface area is 99.3 Å². The van der Waals surface area contributed by atoms with Gasteiger partial charge in [0, 0.05) is 12.1 Å². The highest BCUT2D eigenvalue weighted by atomic mass is 14.9. The number of nitrogens with one attached hydrogen (secondary N) is 1. The summed E-state index contributed by atoms with van der Waals surface area (Å²) in [6, 6.07) is 11.9. The van der Waals surface area contributed by atoms with E-state index in [0.29, 0.717) is 12.1 Å². The smallest absolute Gasteiger partial charge is 0.0294 e. The lowest BCUT2D eigenvalue weighted by Crippen LogP contribution is -2.34. The van der Waals surface area contributed by atoms with E-state index in [-0.39, 0.29) is 0 Å². The van der Waals surface area contributed by atoms with E-state index in [9.17, 15) is 0 Å². The summed E-state index contributed by atoms with van der Waals surface area (Å²) >= 11 is 0. The van der Waals surface area contributed by atoms with Gasteiger partial charge >= 0.3 is 0 Å². The molecule has 16 heavy (non-hydrogen) atoms. The number of benzene rings is 1. The number of rotatable bonds is 4. The second-order valence-electron chi connectivity index (χ2n) is 5.13. The summed E-state index contributed by atoms with van der Waals surface area (Å²) in [7, 11) is 0. The van der Waals surface area contributed by atoms with E-state index in [1.807, 2.05) is 0 Å². The van der Waals surface area contributed by atoms with E-state index < -0.39 is 0 Å². The predicted octanol–water partition coefficient (Wildman–Crippen LogP) is 3.92. The maximum Gasteiger partial charge on any atom is 0.0294 e. The molecule has 1 saturated carbocycles. The molecule has 0 amide bonds. The minimum absolute atomic E-state index is 0.469. The van der Waals surface area contributed by atoms with Crippen LogP contribution in [-0.2, 0) is 0 Å². The first kappa shape index (κ1) is 11.7. The molecule has 1 nitrogen and oxygen atoms in total. The minimum Gasteiger partial charge on any atom is -0.307 e. The predicted molar refractivity (Wildman–Crippen MR) is 69.4 cm³/mol. The molecular formula is C15H23N. The van der Waals surface area contributed by atoms with Crippen molar-refractivity contribution in [2.75, 3.05) is 0 Å². The van der Waals surface area contributed by atoms with Crippen molar-refractivity contribution in [3.63, 3.8) is 0 Å². The first-order valence-electron chi connectivity index (χ1n) is 6.58. The van der Waals surface area contributed by atoms with E-state index in [2.05, 4.69) is 49.5 Å². The maximum atomic E-state index is 3.74. The van der Waals surface area contributed by atoms with Gasteiger partial charge in [-0.15, -0.1) is 0 Å². The lowest BCUT2D eigenvalue weighted by atomic mass is 9.98. The second kappa shape index (κ2) is 5.49. The summed E-state index contributed by atoms with van der Waals surface area (Å²) in [5, 5.41) is 3.74. The highest BCUT2D eigenvalue weighted by molar-refractivity contribution is 5.18. The van der Waals surface area contributed by atoms with E-state index in [1.165, 1.54) is 31.2 Å². The van der Waals surface area contributed by atoms with Crippen molar-refractivity contribution >= 4 is 0 Å². The zero-order valence-electron chi connectivity index (χ0n) is 10.4. The Morgan fingerprint density at radius 2 is 1.69 bits per heavy atom. The molecule has 1 N–H and O–H groups in total. The van der Waals surface area contributed by atoms with Crippen LogP contribution in [0.25, 0.3) is 0 Å². The number of hydrogen-bond acceptors (Lipinski definition) is 1. The molecule has 0 bridgehead atoms. The SMILES string of the molecule is C[C@H](N[C@H](C)c1ccccc1)C1CCCC1. The fraction of sp³-hybridized carbons (Fsp3) is 0.600. The Bertz CT molecular complexity index is 300. The maximum absolute atomic E-state index is 3.74. The van der Waals surface area contributed by atoms with Crippen molar-refractivity contribution in [3.05, 3.63) is 35.9 Å². The van der Waals surface area contributed by atoms with Crippen LogP contribution >= 0.6 is 0 Å². The molecule has 1 aliphatic rings. The molecule has 88 valence electrons. The zero-order valence-corrected chi connectivity index (χ0v) is 10.4. The Balaban J connectivity index is 1.89. The first-order chi connectivity index (χ1) is 7.77. The van der Waals surface area contributed by atoms with Crippen LogP contribution in [0.4, 0.5) is 0 Å². The molecule has 0 spiro atoms. The van der Waals surface area contributed by atoms with Gasteiger partial charge in [0.05, 0.1) is 0 Å². The largest absolute Gasteiger partial charge is 0.307 e. The molecule has 0 aliphatic heterocycles. The van der Waals surface area contributed by atoms with Gasteiger partial charge in [-0.05, 0) is 38.2 Å². The van der Waals surface area contributed by atoms with E-state index in [1.54, 1.807) is 0 Å². The second-order valence-corrected chi connectivity index (χ2v) is 5.13. The van der Waals surface area contributed by atoms with Crippen molar-refractivity contribution in [3.8, 4) is 0 Å². The molecule has 0 radical (unpaired) electrons. The molecule has 2 atom stereocenters. The highest BCUT2D eigenvalue weighted by Crippen LogP contribution is 2.28. The van der Waals surface area contributed by atoms with E-state index in [0.717, 1.165) is 5.92 Å². The van der Waals surface area contributed by atoms with Crippen molar-refractivity contribution < 1.29 is 0 Å². The standard InChI is InChI=1S/C15H23N/c1-12(14-8-4-3-5-9-14)16-13(2)15-10-6-7-11-15/h3-5,8-9,12-13,15-16H,6-7,10-11H2,1-2H3/t12-,13+/m1/s1. The zero-order chi connectivity index (χ0) is 11.4. The minimum atomic E-state index is 0.469. The Kier molecular flexibility index (Phi) is 4.00. The topological polar surface area (TPSA) is 12.0 Å². The normalized spacial score (nSPS) is 20.9. The molecule has 0 aromatic heterocycles. The van der Waals surface area contributed by atoms with Gasteiger partial charge in [0.2, 0.25) is 0 Å². The molecule has 0 unspecified atom stereocenters. The Morgan fingerprint density at radius 1 is 1.06 bits per heavy atom. The van der Waals surface area contributed by atoms with Gasteiger partial charge < -0.3 is 5.32 Å². The molecule has 0 saturated heterocycles. The molecule has 0 heterocycles.